The first kappa shape index (κ1) is 26.2. The van der Waals surface area contributed by atoms with Crippen LogP contribution in [0.5, 0.6) is 0 Å². The zero-order valence-electron chi connectivity index (χ0n) is 20.4. The lowest BCUT2D eigenvalue weighted by molar-refractivity contribution is 0.483. The fourth-order valence-electron chi connectivity index (χ4n) is 4.35. The first-order valence-electron chi connectivity index (χ1n) is 12.7. The highest BCUT2D eigenvalue weighted by Gasteiger charge is 2.09. The van der Waals surface area contributed by atoms with Gasteiger partial charge in [0.15, 0.2) is 0 Å². The molecule has 0 aliphatic heterocycles. The molecular formula is C30H38O3S. The number of rotatable bonds is 14. The molecule has 3 aromatic rings. The van der Waals surface area contributed by atoms with Gasteiger partial charge in [0, 0.05) is 0 Å². The molecular weight excluding hydrogens is 440 g/mol. The van der Waals surface area contributed by atoms with E-state index in [1.54, 1.807) is 12.1 Å². The number of benzene rings is 3. The Balaban J connectivity index is 1.43. The fraction of sp³-hybridized carbons (Fsp3) is 0.400. The molecule has 0 saturated heterocycles. The standard InChI is InChI=1S/C30H38O3S/c1-2-3-4-5-6-7-8-9-10-11-12-25-13-15-26(16-14-25)27-17-19-28(20-18-27)29-21-23-30(24-22-29)34(31,32)33/h13-24H,2-12H2,1H3,(H,31,32,33). The third kappa shape index (κ3) is 8.41. The van der Waals surface area contributed by atoms with Crippen molar-refractivity contribution in [2.24, 2.45) is 0 Å². The third-order valence-electron chi connectivity index (χ3n) is 6.48. The molecule has 0 unspecified atom stereocenters. The van der Waals surface area contributed by atoms with Crippen LogP contribution in [0.4, 0.5) is 0 Å². The minimum absolute atomic E-state index is 0.0919. The number of aryl methyl sites for hydroxylation is 1. The quantitative estimate of drug-likeness (QED) is 0.186. The molecule has 0 aromatic heterocycles. The second kappa shape index (κ2) is 13.5. The smallest absolute Gasteiger partial charge is 0.282 e. The van der Waals surface area contributed by atoms with Gasteiger partial charge in [-0.3, -0.25) is 4.55 Å². The maximum Gasteiger partial charge on any atom is 0.294 e. The van der Waals surface area contributed by atoms with Crippen molar-refractivity contribution in [2.45, 2.75) is 82.4 Å². The highest BCUT2D eigenvalue weighted by molar-refractivity contribution is 7.85. The Morgan fingerprint density at radius 3 is 1.29 bits per heavy atom. The van der Waals surface area contributed by atoms with Crippen molar-refractivity contribution in [3.05, 3.63) is 78.4 Å². The average Bonchev–Trinajstić information content (AvgIpc) is 2.85. The maximum absolute atomic E-state index is 11.2. The van der Waals surface area contributed by atoms with Crippen molar-refractivity contribution in [1.29, 1.82) is 0 Å². The van der Waals surface area contributed by atoms with Crippen LogP contribution < -0.4 is 0 Å². The minimum atomic E-state index is -4.16. The van der Waals surface area contributed by atoms with E-state index in [2.05, 4.69) is 43.3 Å². The summed E-state index contributed by atoms with van der Waals surface area (Å²) in [4.78, 5) is -0.0919. The lowest BCUT2D eigenvalue weighted by Gasteiger charge is -2.07. The molecule has 0 saturated carbocycles. The van der Waals surface area contributed by atoms with Gasteiger partial charge in [-0.15, -0.1) is 0 Å². The normalized spacial score (nSPS) is 11.6. The van der Waals surface area contributed by atoms with E-state index in [-0.39, 0.29) is 4.90 Å². The second-order valence-electron chi connectivity index (χ2n) is 9.21. The van der Waals surface area contributed by atoms with E-state index in [0.29, 0.717) is 0 Å². The van der Waals surface area contributed by atoms with Gasteiger partial charge in [0.05, 0.1) is 4.90 Å². The molecule has 0 bridgehead atoms. The van der Waals surface area contributed by atoms with Gasteiger partial charge in [-0.05, 0) is 52.8 Å². The number of hydrogen-bond acceptors (Lipinski definition) is 2. The summed E-state index contributed by atoms with van der Waals surface area (Å²) in [7, 11) is -4.16. The van der Waals surface area contributed by atoms with E-state index < -0.39 is 10.1 Å². The van der Waals surface area contributed by atoms with E-state index in [9.17, 15) is 8.42 Å². The van der Waals surface area contributed by atoms with Crippen molar-refractivity contribution >= 4 is 10.1 Å². The summed E-state index contributed by atoms with van der Waals surface area (Å²) < 4.78 is 31.5. The molecule has 0 spiro atoms. The molecule has 0 fully saturated rings. The molecule has 34 heavy (non-hydrogen) atoms. The molecule has 3 aromatic carbocycles. The lowest BCUT2D eigenvalue weighted by atomic mass is 9.98. The molecule has 3 rings (SSSR count). The Hall–Kier alpha value is -2.43. The van der Waals surface area contributed by atoms with Crippen molar-refractivity contribution in [1.82, 2.24) is 0 Å². The van der Waals surface area contributed by atoms with Gasteiger partial charge in [0.1, 0.15) is 0 Å². The monoisotopic (exact) mass is 478 g/mol. The molecule has 0 heterocycles. The van der Waals surface area contributed by atoms with E-state index in [0.717, 1.165) is 23.1 Å². The van der Waals surface area contributed by atoms with Gasteiger partial charge in [0.25, 0.3) is 10.1 Å². The van der Waals surface area contributed by atoms with Gasteiger partial charge in [-0.1, -0.05) is 125 Å². The van der Waals surface area contributed by atoms with Crippen LogP contribution in [0.15, 0.2) is 77.7 Å². The molecule has 0 atom stereocenters. The van der Waals surface area contributed by atoms with Crippen LogP contribution >= 0.6 is 0 Å². The lowest BCUT2D eigenvalue weighted by Crippen LogP contribution is -1.97. The van der Waals surface area contributed by atoms with E-state index in [1.165, 1.54) is 87.5 Å². The van der Waals surface area contributed by atoms with Gasteiger partial charge < -0.3 is 0 Å². The Kier molecular flexibility index (Phi) is 10.4. The van der Waals surface area contributed by atoms with Gasteiger partial charge in [0.2, 0.25) is 0 Å². The van der Waals surface area contributed by atoms with Crippen molar-refractivity contribution in [2.75, 3.05) is 0 Å². The van der Waals surface area contributed by atoms with E-state index in [1.807, 2.05) is 12.1 Å². The van der Waals surface area contributed by atoms with Gasteiger partial charge in [-0.25, -0.2) is 0 Å². The SMILES string of the molecule is CCCCCCCCCCCCc1ccc(-c2ccc(-c3ccc(S(=O)(=O)O)cc3)cc2)cc1. The fourth-order valence-corrected chi connectivity index (χ4v) is 4.83. The van der Waals surface area contributed by atoms with Crippen LogP contribution in [0.25, 0.3) is 22.3 Å². The van der Waals surface area contributed by atoms with Gasteiger partial charge in [-0.2, -0.15) is 8.42 Å². The highest BCUT2D eigenvalue weighted by atomic mass is 32.2. The Morgan fingerprint density at radius 1 is 0.529 bits per heavy atom. The summed E-state index contributed by atoms with van der Waals surface area (Å²) in [6.45, 7) is 2.27. The van der Waals surface area contributed by atoms with Crippen molar-refractivity contribution in [3.8, 4) is 22.3 Å². The summed E-state index contributed by atoms with van der Waals surface area (Å²) in [5.41, 5.74) is 5.66. The first-order chi connectivity index (χ1) is 16.5. The van der Waals surface area contributed by atoms with Crippen LogP contribution in [0, 0.1) is 0 Å². The number of hydrogen-bond donors (Lipinski definition) is 1. The van der Waals surface area contributed by atoms with Crippen LogP contribution in [0.3, 0.4) is 0 Å². The molecule has 0 radical (unpaired) electrons. The van der Waals surface area contributed by atoms with Crippen molar-refractivity contribution in [3.63, 3.8) is 0 Å². The largest absolute Gasteiger partial charge is 0.294 e. The van der Waals surface area contributed by atoms with Crippen LogP contribution in [0.2, 0.25) is 0 Å². The molecule has 1 N–H and O–H groups in total. The molecule has 3 nitrogen and oxygen atoms in total. The van der Waals surface area contributed by atoms with Crippen molar-refractivity contribution < 1.29 is 13.0 Å². The predicted octanol–water partition coefficient (Wildman–Crippen LogP) is 8.73. The van der Waals surface area contributed by atoms with Crippen LogP contribution in [-0.2, 0) is 16.5 Å². The maximum atomic E-state index is 11.2. The Labute approximate surface area is 206 Å². The van der Waals surface area contributed by atoms with Crippen LogP contribution in [-0.4, -0.2) is 13.0 Å². The summed E-state index contributed by atoms with van der Waals surface area (Å²) in [6, 6.07) is 23.4. The molecule has 4 heteroatoms. The summed E-state index contributed by atoms with van der Waals surface area (Å²) in [5, 5.41) is 0. The summed E-state index contributed by atoms with van der Waals surface area (Å²) in [5.74, 6) is 0. The summed E-state index contributed by atoms with van der Waals surface area (Å²) >= 11 is 0. The highest BCUT2D eigenvalue weighted by Crippen LogP contribution is 2.26. The second-order valence-corrected chi connectivity index (χ2v) is 10.6. The minimum Gasteiger partial charge on any atom is -0.282 e. The van der Waals surface area contributed by atoms with Crippen LogP contribution in [0.1, 0.15) is 76.7 Å². The average molecular weight is 479 g/mol. The van der Waals surface area contributed by atoms with Gasteiger partial charge >= 0.3 is 0 Å². The molecule has 0 amide bonds. The number of unbranched alkanes of at least 4 members (excludes halogenated alkanes) is 9. The predicted molar refractivity (Wildman–Crippen MR) is 143 cm³/mol. The molecule has 182 valence electrons. The zero-order chi connectivity index (χ0) is 24.2. The Bertz CT molecular complexity index is 1080. The Morgan fingerprint density at radius 2 is 0.882 bits per heavy atom. The summed E-state index contributed by atoms with van der Waals surface area (Å²) in [6.07, 6.45) is 14.8. The van der Waals surface area contributed by atoms with E-state index in [4.69, 9.17) is 4.55 Å². The first-order valence-corrected chi connectivity index (χ1v) is 14.2. The zero-order valence-corrected chi connectivity index (χ0v) is 21.2. The van der Waals surface area contributed by atoms with E-state index >= 15 is 0 Å². The molecule has 0 aliphatic rings. The third-order valence-corrected chi connectivity index (χ3v) is 7.34. The topological polar surface area (TPSA) is 54.4 Å². The molecule has 0 aliphatic carbocycles.